The molecule has 0 saturated heterocycles. The molecule has 1 aromatic carbocycles. The van der Waals surface area contributed by atoms with Crippen LogP contribution in [0.1, 0.15) is 24.3 Å². The van der Waals surface area contributed by atoms with Crippen molar-refractivity contribution in [3.8, 4) is 5.75 Å². The van der Waals surface area contributed by atoms with Crippen molar-refractivity contribution in [2.75, 3.05) is 14.2 Å². The summed E-state index contributed by atoms with van der Waals surface area (Å²) >= 11 is 3.49. The number of esters is 1. The third-order valence-electron chi connectivity index (χ3n) is 3.09. The van der Waals surface area contributed by atoms with Crippen LogP contribution in [0.5, 0.6) is 5.75 Å². The molecule has 0 amide bonds. The second kappa shape index (κ2) is 5.08. The minimum atomic E-state index is -0.154. The summed E-state index contributed by atoms with van der Waals surface area (Å²) in [6.45, 7) is 0. The Morgan fingerprint density at radius 3 is 2.59 bits per heavy atom. The van der Waals surface area contributed by atoms with Crippen molar-refractivity contribution < 1.29 is 14.3 Å². The lowest BCUT2D eigenvalue weighted by molar-refractivity contribution is -0.143. The average molecular weight is 299 g/mol. The molecule has 3 nitrogen and oxygen atoms in total. The van der Waals surface area contributed by atoms with Crippen molar-refractivity contribution in [3.05, 3.63) is 28.2 Å². The van der Waals surface area contributed by atoms with Gasteiger partial charge in [-0.05, 0) is 36.5 Å². The van der Waals surface area contributed by atoms with E-state index in [0.717, 1.165) is 28.6 Å². The van der Waals surface area contributed by atoms with Crippen molar-refractivity contribution >= 4 is 21.9 Å². The largest absolute Gasteiger partial charge is 0.497 e. The highest BCUT2D eigenvalue weighted by atomic mass is 79.9. The van der Waals surface area contributed by atoms with Crippen molar-refractivity contribution in [2.45, 2.75) is 18.8 Å². The molecule has 92 valence electrons. The van der Waals surface area contributed by atoms with Crippen molar-refractivity contribution in [1.82, 2.24) is 0 Å². The third-order valence-corrected chi connectivity index (χ3v) is 3.78. The van der Waals surface area contributed by atoms with Crippen molar-refractivity contribution in [1.29, 1.82) is 0 Å². The zero-order valence-corrected chi connectivity index (χ0v) is 11.5. The number of hydrogen-bond donors (Lipinski definition) is 0. The first kappa shape index (κ1) is 12.4. The second-order valence-electron chi connectivity index (χ2n) is 4.23. The Kier molecular flexibility index (Phi) is 3.72. The Hall–Kier alpha value is -1.03. The lowest BCUT2D eigenvalue weighted by Gasteiger charge is -2.16. The van der Waals surface area contributed by atoms with Gasteiger partial charge < -0.3 is 9.47 Å². The van der Waals surface area contributed by atoms with Gasteiger partial charge in [0.1, 0.15) is 5.75 Å². The zero-order chi connectivity index (χ0) is 12.4. The van der Waals surface area contributed by atoms with E-state index in [4.69, 9.17) is 9.47 Å². The fraction of sp³-hybridized carbons (Fsp3) is 0.462. The minimum Gasteiger partial charge on any atom is -0.497 e. The van der Waals surface area contributed by atoms with Gasteiger partial charge >= 0.3 is 5.97 Å². The number of carbonyl (C=O) groups is 1. The number of ether oxygens (including phenoxy) is 2. The van der Waals surface area contributed by atoms with Crippen LogP contribution < -0.4 is 4.74 Å². The van der Waals surface area contributed by atoms with Gasteiger partial charge in [-0.1, -0.05) is 22.0 Å². The third kappa shape index (κ3) is 2.63. The number of hydrogen-bond acceptors (Lipinski definition) is 3. The first-order valence-electron chi connectivity index (χ1n) is 5.58. The van der Waals surface area contributed by atoms with Crippen LogP contribution in [0, 0.1) is 5.92 Å². The molecule has 0 spiro atoms. The average Bonchev–Trinajstić information content (AvgIpc) is 3.15. The van der Waals surface area contributed by atoms with E-state index in [-0.39, 0.29) is 11.9 Å². The van der Waals surface area contributed by atoms with Crippen LogP contribution in [-0.2, 0) is 9.53 Å². The summed E-state index contributed by atoms with van der Waals surface area (Å²) < 4.78 is 10.9. The molecule has 17 heavy (non-hydrogen) atoms. The van der Waals surface area contributed by atoms with Crippen LogP contribution in [0.15, 0.2) is 22.7 Å². The monoisotopic (exact) mass is 298 g/mol. The maximum Gasteiger partial charge on any atom is 0.313 e. The summed E-state index contributed by atoms with van der Waals surface area (Å²) in [6, 6.07) is 5.69. The normalized spacial score (nSPS) is 16.4. The maximum absolute atomic E-state index is 11.8. The molecule has 1 saturated carbocycles. The molecule has 1 aliphatic carbocycles. The van der Waals surface area contributed by atoms with Gasteiger partial charge in [0, 0.05) is 4.47 Å². The summed E-state index contributed by atoms with van der Waals surface area (Å²) in [7, 11) is 3.06. The second-order valence-corrected chi connectivity index (χ2v) is 5.08. The summed E-state index contributed by atoms with van der Waals surface area (Å²) in [4.78, 5) is 11.8. The molecule has 0 heterocycles. The number of halogens is 1. The molecule has 1 fully saturated rings. The number of benzene rings is 1. The van der Waals surface area contributed by atoms with Gasteiger partial charge in [-0.2, -0.15) is 0 Å². The van der Waals surface area contributed by atoms with Gasteiger partial charge in [0.15, 0.2) is 0 Å². The Bertz CT molecular complexity index is 427. The van der Waals surface area contributed by atoms with E-state index in [2.05, 4.69) is 15.9 Å². The predicted molar refractivity (Wildman–Crippen MR) is 68.2 cm³/mol. The SMILES string of the molecule is COC(=O)C(c1ccc(OC)cc1Br)C1CC1. The molecule has 1 aliphatic rings. The number of carbonyl (C=O) groups excluding carboxylic acids is 1. The minimum absolute atomic E-state index is 0.153. The van der Waals surface area contributed by atoms with Gasteiger partial charge in [0.05, 0.1) is 20.1 Å². The predicted octanol–water partition coefficient (Wildman–Crippen LogP) is 3.12. The highest BCUT2D eigenvalue weighted by molar-refractivity contribution is 9.10. The molecular weight excluding hydrogens is 284 g/mol. The molecule has 2 rings (SSSR count). The Labute approximate surface area is 109 Å². The van der Waals surface area contributed by atoms with Gasteiger partial charge in [-0.25, -0.2) is 0 Å². The van der Waals surface area contributed by atoms with Gasteiger partial charge in [-0.3, -0.25) is 4.79 Å². The van der Waals surface area contributed by atoms with Crippen LogP contribution in [0.2, 0.25) is 0 Å². The first-order valence-corrected chi connectivity index (χ1v) is 6.38. The summed E-state index contributed by atoms with van der Waals surface area (Å²) in [5.74, 6) is 0.894. The standard InChI is InChI=1S/C13H15BrO3/c1-16-9-5-6-10(11(14)7-9)12(8-3-4-8)13(15)17-2/h5-8,12H,3-4H2,1-2H3. The lowest BCUT2D eigenvalue weighted by Crippen LogP contribution is -2.16. The van der Waals surface area contributed by atoms with Gasteiger partial charge in [0.2, 0.25) is 0 Å². The quantitative estimate of drug-likeness (QED) is 0.801. The van der Waals surface area contributed by atoms with E-state index >= 15 is 0 Å². The highest BCUT2D eigenvalue weighted by Crippen LogP contribution is 2.45. The molecule has 0 aliphatic heterocycles. The molecule has 0 bridgehead atoms. The van der Waals surface area contributed by atoms with Crippen LogP contribution in [0.4, 0.5) is 0 Å². The summed E-state index contributed by atoms with van der Waals surface area (Å²) in [6.07, 6.45) is 2.19. The molecule has 4 heteroatoms. The van der Waals surface area contributed by atoms with Gasteiger partial charge in [0.25, 0.3) is 0 Å². The fourth-order valence-corrected chi connectivity index (χ4v) is 2.62. The molecule has 0 radical (unpaired) electrons. The Balaban J connectivity index is 2.32. The number of methoxy groups -OCH3 is 2. The van der Waals surface area contributed by atoms with Crippen molar-refractivity contribution in [2.24, 2.45) is 5.92 Å². The van der Waals surface area contributed by atoms with Gasteiger partial charge in [-0.15, -0.1) is 0 Å². The topological polar surface area (TPSA) is 35.5 Å². The molecule has 1 aromatic rings. The van der Waals surface area contributed by atoms with Crippen LogP contribution in [-0.4, -0.2) is 20.2 Å². The molecule has 1 atom stereocenters. The van der Waals surface area contributed by atoms with Crippen LogP contribution >= 0.6 is 15.9 Å². The van der Waals surface area contributed by atoms with E-state index in [0.29, 0.717) is 5.92 Å². The fourth-order valence-electron chi connectivity index (χ4n) is 2.02. The molecule has 0 N–H and O–H groups in total. The lowest BCUT2D eigenvalue weighted by atomic mass is 9.94. The Morgan fingerprint density at radius 1 is 1.41 bits per heavy atom. The van der Waals surface area contributed by atoms with E-state index in [9.17, 15) is 4.79 Å². The molecular formula is C13H15BrO3. The van der Waals surface area contributed by atoms with Crippen LogP contribution in [0.25, 0.3) is 0 Å². The van der Waals surface area contributed by atoms with E-state index in [1.54, 1.807) is 7.11 Å². The maximum atomic E-state index is 11.8. The summed E-state index contributed by atoms with van der Waals surface area (Å²) in [5.41, 5.74) is 0.986. The van der Waals surface area contributed by atoms with Crippen molar-refractivity contribution in [3.63, 3.8) is 0 Å². The van der Waals surface area contributed by atoms with E-state index < -0.39 is 0 Å². The van der Waals surface area contributed by atoms with E-state index in [1.807, 2.05) is 18.2 Å². The van der Waals surface area contributed by atoms with Crippen LogP contribution in [0.3, 0.4) is 0 Å². The molecule has 0 aromatic heterocycles. The Morgan fingerprint density at radius 2 is 2.12 bits per heavy atom. The first-order chi connectivity index (χ1) is 8.17. The van der Waals surface area contributed by atoms with E-state index in [1.165, 1.54) is 7.11 Å². The zero-order valence-electron chi connectivity index (χ0n) is 9.90. The molecule has 1 unspecified atom stereocenters. The highest BCUT2D eigenvalue weighted by Gasteiger charge is 2.39. The summed E-state index contributed by atoms with van der Waals surface area (Å²) in [5, 5.41) is 0. The number of rotatable bonds is 4. The smallest absolute Gasteiger partial charge is 0.313 e.